The van der Waals surface area contributed by atoms with Crippen LogP contribution in [0, 0.1) is 18.8 Å². The number of piperidine rings is 2. The van der Waals surface area contributed by atoms with Crippen LogP contribution in [0.4, 0.5) is 5.82 Å². The number of anilines is 1. The van der Waals surface area contributed by atoms with Crippen LogP contribution in [-0.4, -0.2) is 46.0 Å². The molecule has 9 heteroatoms. The molecule has 8 rings (SSSR count). The van der Waals surface area contributed by atoms with Gasteiger partial charge in [0.25, 0.3) is 0 Å². The number of esters is 1. The van der Waals surface area contributed by atoms with Crippen molar-refractivity contribution >= 4 is 55.8 Å². The van der Waals surface area contributed by atoms with Crippen molar-refractivity contribution in [3.8, 4) is 21.7 Å². The quantitative estimate of drug-likeness (QED) is 0.165. The summed E-state index contributed by atoms with van der Waals surface area (Å²) < 4.78 is 15.0. The van der Waals surface area contributed by atoms with Crippen molar-refractivity contribution in [1.82, 2.24) is 14.8 Å². The molecule has 0 radical (unpaired) electrons. The first-order valence-electron chi connectivity index (χ1n) is 15.8. The number of benzene rings is 3. The first-order chi connectivity index (χ1) is 21.5. The second kappa shape index (κ2) is 11.4. The highest BCUT2D eigenvalue weighted by molar-refractivity contribution is 7.22. The van der Waals surface area contributed by atoms with Crippen LogP contribution in [-0.2, 0) is 21.3 Å². The van der Waals surface area contributed by atoms with E-state index in [1.54, 1.807) is 11.3 Å². The third-order valence-corrected chi connectivity index (χ3v) is 10.4. The summed E-state index contributed by atoms with van der Waals surface area (Å²) in [6, 6.07) is 16.4. The van der Waals surface area contributed by atoms with Crippen molar-refractivity contribution in [2.24, 2.45) is 18.9 Å². The van der Waals surface area contributed by atoms with E-state index in [4.69, 9.17) is 31.2 Å². The highest BCUT2D eigenvalue weighted by atomic mass is 35.5. The number of thiazole rings is 1. The lowest BCUT2D eigenvalue weighted by molar-refractivity contribution is -0.166. The van der Waals surface area contributed by atoms with Crippen LogP contribution in [0.2, 0.25) is 5.02 Å². The van der Waals surface area contributed by atoms with Gasteiger partial charge in [-0.25, -0.2) is 9.78 Å². The zero-order chi connectivity index (χ0) is 31.6. The van der Waals surface area contributed by atoms with Gasteiger partial charge in [0, 0.05) is 47.2 Å². The molecule has 2 aromatic heterocycles. The van der Waals surface area contributed by atoms with Crippen LogP contribution >= 0.6 is 22.9 Å². The summed E-state index contributed by atoms with van der Waals surface area (Å²) >= 11 is 7.95. The van der Waals surface area contributed by atoms with E-state index in [1.165, 1.54) is 12.8 Å². The molecular weight excluding hydrogens is 604 g/mol. The van der Waals surface area contributed by atoms with Gasteiger partial charge in [-0.05, 0) is 107 Å². The first kappa shape index (κ1) is 30.2. The van der Waals surface area contributed by atoms with Crippen LogP contribution in [0.5, 0.6) is 0 Å². The molecule has 1 atom stereocenters. The Morgan fingerprint density at radius 3 is 2.42 bits per heavy atom. The molecule has 2 bridgehead atoms. The lowest BCUT2D eigenvalue weighted by Gasteiger charge is -2.47. The molecule has 234 valence electrons. The molecule has 2 aliphatic heterocycles. The summed E-state index contributed by atoms with van der Waals surface area (Å²) in [6.45, 7) is 12.1. The van der Waals surface area contributed by atoms with E-state index in [2.05, 4.69) is 29.2 Å². The maximum Gasteiger partial charge on any atom is 0.339 e. The van der Waals surface area contributed by atoms with Crippen molar-refractivity contribution in [2.45, 2.75) is 59.2 Å². The van der Waals surface area contributed by atoms with Gasteiger partial charge in [-0.2, -0.15) is 5.10 Å². The third-order valence-electron chi connectivity index (χ3n) is 8.96. The number of carbonyl (C=O) groups is 1. The molecule has 45 heavy (non-hydrogen) atoms. The summed E-state index contributed by atoms with van der Waals surface area (Å²) in [7, 11) is 2.02. The Bertz CT molecular complexity index is 1910. The van der Waals surface area contributed by atoms with Gasteiger partial charge in [0.2, 0.25) is 0 Å². The topological polar surface area (TPSA) is 69.5 Å². The number of ether oxygens (including phenoxy) is 2. The van der Waals surface area contributed by atoms with Crippen molar-refractivity contribution in [3.63, 3.8) is 0 Å². The largest absolute Gasteiger partial charge is 0.464 e. The number of carbonyl (C=O) groups excluding carboxylic acids is 1. The SMILES string of the molecule is CCOC(=O)[C@@H](OC(C)(C)C)c1c(C)cc2nc(-c3ccc4c(c3)c(N3CC5CC(C5)C3)nn4C)sc2c1-c1ccc(Cl)cc1. The highest BCUT2D eigenvalue weighted by Crippen LogP contribution is 2.46. The minimum atomic E-state index is -0.907. The molecule has 3 aromatic carbocycles. The number of nitrogens with zero attached hydrogens (tertiary/aromatic N) is 4. The van der Waals surface area contributed by atoms with Gasteiger partial charge in [0.1, 0.15) is 5.01 Å². The van der Waals surface area contributed by atoms with Gasteiger partial charge in [0.05, 0.1) is 27.9 Å². The minimum Gasteiger partial charge on any atom is -0.464 e. The van der Waals surface area contributed by atoms with Gasteiger partial charge in [-0.3, -0.25) is 4.68 Å². The van der Waals surface area contributed by atoms with E-state index in [0.29, 0.717) is 5.02 Å². The second-order valence-electron chi connectivity index (χ2n) is 13.5. The van der Waals surface area contributed by atoms with Gasteiger partial charge in [-0.1, -0.05) is 23.7 Å². The van der Waals surface area contributed by atoms with Crippen molar-refractivity contribution in [3.05, 3.63) is 64.7 Å². The molecule has 3 fully saturated rings. The van der Waals surface area contributed by atoms with E-state index in [0.717, 1.165) is 84.7 Å². The maximum absolute atomic E-state index is 13.5. The molecule has 3 aliphatic rings. The Morgan fingerprint density at radius 2 is 1.76 bits per heavy atom. The molecule has 2 saturated heterocycles. The zero-order valence-corrected chi connectivity index (χ0v) is 28.3. The normalized spacial score (nSPS) is 18.8. The Kier molecular flexibility index (Phi) is 7.66. The number of halogens is 1. The molecule has 5 aromatic rings. The number of fused-ring (bicyclic) bond motifs is 4. The predicted molar refractivity (Wildman–Crippen MR) is 183 cm³/mol. The van der Waals surface area contributed by atoms with Crippen molar-refractivity contribution in [1.29, 1.82) is 0 Å². The summed E-state index contributed by atoms with van der Waals surface area (Å²) in [5.74, 6) is 2.25. The summed E-state index contributed by atoms with van der Waals surface area (Å²) in [5.41, 5.74) is 6.03. The van der Waals surface area contributed by atoms with E-state index >= 15 is 0 Å². The van der Waals surface area contributed by atoms with E-state index < -0.39 is 17.7 Å². The average molecular weight is 643 g/mol. The molecule has 0 amide bonds. The van der Waals surface area contributed by atoms with Gasteiger partial charge in [-0.15, -0.1) is 11.3 Å². The van der Waals surface area contributed by atoms with Gasteiger partial charge < -0.3 is 14.4 Å². The monoisotopic (exact) mass is 642 g/mol. The fourth-order valence-electron chi connectivity index (χ4n) is 7.03. The standard InChI is InChI=1S/C36H39ClN4O3S/c1-7-43-35(42)31(44-36(3,4)5)29-20(2)14-27-32(30(29)23-8-11-25(37)12-9-23)45-34(38-27)24-10-13-28-26(17-24)33(39-40(28)6)41-18-21-15-22(16-21)19-41/h8-14,17,21-22,31H,7,15-16,18-19H2,1-6H3/t21?,22?,31-/m0/s1. The van der Waals surface area contributed by atoms with E-state index in [-0.39, 0.29) is 6.61 Å². The van der Waals surface area contributed by atoms with Gasteiger partial charge >= 0.3 is 5.97 Å². The third kappa shape index (κ3) is 5.62. The number of rotatable bonds is 7. The van der Waals surface area contributed by atoms with Crippen LogP contribution in [0.3, 0.4) is 0 Å². The Hall–Kier alpha value is -3.46. The van der Waals surface area contributed by atoms with Crippen LogP contribution < -0.4 is 4.90 Å². The molecular formula is C36H39ClN4O3S. The lowest BCUT2D eigenvalue weighted by atomic mass is 9.71. The fourth-order valence-corrected chi connectivity index (χ4v) is 8.28. The number of hydrogen-bond acceptors (Lipinski definition) is 7. The Morgan fingerprint density at radius 1 is 1.07 bits per heavy atom. The molecule has 4 heterocycles. The lowest BCUT2D eigenvalue weighted by Crippen LogP contribution is -2.48. The smallest absolute Gasteiger partial charge is 0.339 e. The highest BCUT2D eigenvalue weighted by Gasteiger charge is 2.38. The molecule has 0 unspecified atom stereocenters. The van der Waals surface area contributed by atoms with Crippen molar-refractivity contribution in [2.75, 3.05) is 24.6 Å². The number of aryl methyl sites for hydroxylation is 2. The number of hydrogen-bond donors (Lipinski definition) is 0. The maximum atomic E-state index is 13.5. The predicted octanol–water partition coefficient (Wildman–Crippen LogP) is 8.74. The van der Waals surface area contributed by atoms with Crippen LogP contribution in [0.1, 0.15) is 57.8 Å². The summed E-state index contributed by atoms with van der Waals surface area (Å²) in [6.07, 6.45) is 1.80. The Balaban J connectivity index is 1.40. The zero-order valence-electron chi connectivity index (χ0n) is 26.7. The summed E-state index contributed by atoms with van der Waals surface area (Å²) in [5, 5.41) is 7.69. The van der Waals surface area contributed by atoms with E-state index in [1.807, 2.05) is 70.6 Å². The van der Waals surface area contributed by atoms with Crippen molar-refractivity contribution < 1.29 is 14.3 Å². The molecule has 7 nitrogen and oxygen atoms in total. The molecule has 0 spiro atoms. The van der Waals surface area contributed by atoms with Gasteiger partial charge in [0.15, 0.2) is 11.9 Å². The van der Waals surface area contributed by atoms with Crippen LogP contribution in [0.15, 0.2) is 48.5 Å². The fraction of sp³-hybridized carbons (Fsp3) is 0.417. The summed E-state index contributed by atoms with van der Waals surface area (Å²) in [4.78, 5) is 21.1. The first-order valence-corrected chi connectivity index (χ1v) is 16.9. The van der Waals surface area contributed by atoms with E-state index in [9.17, 15) is 4.79 Å². The average Bonchev–Trinajstić information content (AvgIpc) is 3.56. The van der Waals surface area contributed by atoms with Crippen LogP contribution in [0.25, 0.3) is 42.8 Å². The molecule has 1 aliphatic carbocycles. The second-order valence-corrected chi connectivity index (χ2v) is 14.9. The molecule has 0 N–H and O–H groups in total. The molecule has 1 saturated carbocycles. The minimum absolute atomic E-state index is 0.267. The Labute approximate surface area is 273 Å². The number of aromatic nitrogens is 3.